The Morgan fingerprint density at radius 3 is 2.29 bits per heavy atom. The van der Waals surface area contributed by atoms with Crippen molar-refractivity contribution in [3.05, 3.63) is 95.1 Å². The van der Waals surface area contributed by atoms with Gasteiger partial charge in [0.05, 0.1) is 11.0 Å². The van der Waals surface area contributed by atoms with E-state index in [1.165, 1.54) is 55.7 Å². The van der Waals surface area contributed by atoms with E-state index < -0.39 is 11.0 Å². The van der Waals surface area contributed by atoms with E-state index in [-0.39, 0.29) is 24.2 Å². The first-order valence-corrected chi connectivity index (χ1v) is 19.3. The summed E-state index contributed by atoms with van der Waals surface area (Å²) < 4.78 is 13.0. The van der Waals surface area contributed by atoms with Crippen molar-refractivity contribution in [2.75, 3.05) is 26.2 Å². The number of nitrogens with zero attached hydrogens (tertiary/aromatic N) is 2. The van der Waals surface area contributed by atoms with Gasteiger partial charge in [-0.25, -0.2) is 0 Å². The summed E-state index contributed by atoms with van der Waals surface area (Å²) in [6.45, 7) is 5.60. The number of hydrogen-bond acceptors (Lipinski definition) is 6. The maximum Gasteiger partial charge on any atom is 0.308 e. The average Bonchev–Trinajstić information content (AvgIpc) is 3.85. The summed E-state index contributed by atoms with van der Waals surface area (Å²) in [5.74, 6) is 1.69. The van der Waals surface area contributed by atoms with E-state index in [0.29, 0.717) is 5.75 Å². The van der Waals surface area contributed by atoms with Gasteiger partial charge in [0.2, 0.25) is 0 Å². The summed E-state index contributed by atoms with van der Waals surface area (Å²) >= 11 is 0. The number of benzene rings is 3. The normalized spacial score (nSPS) is 28.3. The molecule has 1 spiro atoms. The highest BCUT2D eigenvalue weighted by Crippen LogP contribution is 2.66. The maximum atomic E-state index is 13.1. The fourth-order valence-electron chi connectivity index (χ4n) is 10.3. The lowest BCUT2D eigenvalue weighted by Gasteiger charge is -2.65. The minimum atomic E-state index is -0.860. The Kier molecular flexibility index (Phi) is 9.32. The van der Waals surface area contributed by atoms with Crippen molar-refractivity contribution in [2.24, 2.45) is 5.92 Å². The molecule has 3 aromatic carbocycles. The van der Waals surface area contributed by atoms with Crippen LogP contribution in [-0.4, -0.2) is 70.8 Å². The fraction of sp³-hybridized carbons (Fsp3) is 0.558. The number of hydrogen-bond donors (Lipinski definition) is 1. The number of rotatable bonds is 15. The Morgan fingerprint density at radius 1 is 0.878 bits per heavy atom. The molecule has 0 aromatic heterocycles. The first-order valence-electron chi connectivity index (χ1n) is 19.3. The van der Waals surface area contributed by atoms with E-state index in [1.807, 2.05) is 6.07 Å². The summed E-state index contributed by atoms with van der Waals surface area (Å²) in [7, 11) is 0. The molecule has 2 heterocycles. The van der Waals surface area contributed by atoms with Crippen LogP contribution in [0.4, 0.5) is 0 Å². The van der Waals surface area contributed by atoms with Crippen molar-refractivity contribution in [2.45, 2.75) is 120 Å². The average molecular weight is 663 g/mol. The van der Waals surface area contributed by atoms with Crippen LogP contribution in [0.3, 0.4) is 0 Å². The van der Waals surface area contributed by atoms with Crippen LogP contribution < -0.4 is 9.47 Å². The van der Waals surface area contributed by atoms with Crippen LogP contribution in [0.15, 0.2) is 72.8 Å². The molecule has 3 aliphatic carbocycles. The zero-order chi connectivity index (χ0) is 33.4. The molecule has 2 saturated carbocycles. The van der Waals surface area contributed by atoms with Crippen molar-refractivity contribution in [3.8, 4) is 11.5 Å². The Balaban J connectivity index is 1.06. The quantitative estimate of drug-likeness (QED) is 0.105. The SMILES string of the molecule is CC(=O)Oc1ccc2c3c1O[C@H]1[C@H](N(CCCCCCc4ccccc4)CCCc4ccccc4)CC[C@@]4(O)[C@@H](C2)N(CC2CC2)CC[C@]314. The lowest BCUT2D eigenvalue weighted by atomic mass is 9.48. The second-order valence-electron chi connectivity index (χ2n) is 15.7. The Hall–Kier alpha value is -3.19. The lowest BCUT2D eigenvalue weighted by Crippen LogP contribution is -2.78. The molecule has 260 valence electrons. The maximum absolute atomic E-state index is 13.1. The molecule has 5 atom stereocenters. The molecule has 2 aliphatic heterocycles. The molecule has 6 heteroatoms. The van der Waals surface area contributed by atoms with Crippen LogP contribution in [0, 0.1) is 5.92 Å². The third kappa shape index (κ3) is 6.23. The molecule has 2 bridgehead atoms. The molecule has 3 fully saturated rings. The highest BCUT2D eigenvalue weighted by atomic mass is 16.6. The van der Waals surface area contributed by atoms with Gasteiger partial charge >= 0.3 is 5.97 Å². The minimum absolute atomic E-state index is 0.100. The molecule has 6 nitrogen and oxygen atoms in total. The zero-order valence-electron chi connectivity index (χ0n) is 29.3. The standard InChI is InChI=1S/C43H54N2O4/c1-31(46)48-37-22-21-35-29-38-43(47)24-23-36(41-42(43,39(35)40(37)49-41)25-28-45(38)30-34-19-20-34)44(27-12-18-33-16-9-5-10-17-33)26-11-3-2-6-13-32-14-7-4-8-15-32/h4-5,7-10,14-17,21-22,34,36,38,41,47H,2-3,6,11-13,18-20,23-30H2,1H3/t36-,38-,41+,42+,43-/m1/s1. The lowest BCUT2D eigenvalue weighted by molar-refractivity contribution is -0.200. The van der Waals surface area contributed by atoms with Gasteiger partial charge in [0, 0.05) is 31.1 Å². The molecule has 0 amide bonds. The number of piperidine rings is 1. The topological polar surface area (TPSA) is 62.2 Å². The molecular weight excluding hydrogens is 608 g/mol. The summed E-state index contributed by atoms with van der Waals surface area (Å²) in [5, 5.41) is 13.1. The predicted molar refractivity (Wildman–Crippen MR) is 193 cm³/mol. The van der Waals surface area contributed by atoms with Gasteiger partial charge in [-0.15, -0.1) is 0 Å². The zero-order valence-corrected chi connectivity index (χ0v) is 29.3. The van der Waals surface area contributed by atoms with Gasteiger partial charge in [0.1, 0.15) is 6.10 Å². The van der Waals surface area contributed by atoms with Gasteiger partial charge < -0.3 is 14.6 Å². The van der Waals surface area contributed by atoms with Gasteiger partial charge in [-0.2, -0.15) is 0 Å². The number of carbonyl (C=O) groups excluding carboxylic acids is 1. The first-order chi connectivity index (χ1) is 24.0. The third-order valence-corrected chi connectivity index (χ3v) is 12.7. The molecular formula is C43H54N2O4. The van der Waals surface area contributed by atoms with E-state index in [2.05, 4.69) is 76.5 Å². The van der Waals surface area contributed by atoms with Crippen molar-refractivity contribution in [3.63, 3.8) is 0 Å². The smallest absolute Gasteiger partial charge is 0.308 e. The van der Waals surface area contributed by atoms with Crippen LogP contribution >= 0.6 is 0 Å². The fourth-order valence-corrected chi connectivity index (χ4v) is 10.3. The van der Waals surface area contributed by atoms with Crippen molar-refractivity contribution >= 4 is 5.97 Å². The molecule has 5 aliphatic rings. The van der Waals surface area contributed by atoms with E-state index in [4.69, 9.17) is 9.47 Å². The summed E-state index contributed by atoms with van der Waals surface area (Å²) in [5.41, 5.74) is 3.89. The second kappa shape index (κ2) is 13.8. The van der Waals surface area contributed by atoms with Gasteiger partial charge in [-0.1, -0.05) is 79.6 Å². The molecule has 3 aromatic rings. The molecule has 1 saturated heterocycles. The number of esters is 1. The van der Waals surface area contributed by atoms with Gasteiger partial charge in [0.25, 0.3) is 0 Å². The minimum Gasteiger partial charge on any atom is -0.483 e. The molecule has 49 heavy (non-hydrogen) atoms. The predicted octanol–water partition coefficient (Wildman–Crippen LogP) is 7.28. The summed E-state index contributed by atoms with van der Waals surface area (Å²) in [6.07, 6.45) is 14.0. The number of aryl methyl sites for hydroxylation is 2. The molecule has 1 N–H and O–H groups in total. The van der Waals surface area contributed by atoms with Gasteiger partial charge in [0.15, 0.2) is 11.5 Å². The number of unbranched alkanes of at least 4 members (excludes halogenated alkanes) is 3. The van der Waals surface area contributed by atoms with Crippen molar-refractivity contribution in [1.82, 2.24) is 9.80 Å². The van der Waals surface area contributed by atoms with E-state index in [9.17, 15) is 9.90 Å². The Morgan fingerprint density at radius 2 is 1.57 bits per heavy atom. The van der Waals surface area contributed by atoms with Crippen molar-refractivity contribution < 1.29 is 19.4 Å². The molecule has 0 radical (unpaired) electrons. The van der Waals surface area contributed by atoms with E-state index in [1.54, 1.807) is 0 Å². The second-order valence-corrected chi connectivity index (χ2v) is 15.7. The monoisotopic (exact) mass is 662 g/mol. The van der Waals surface area contributed by atoms with E-state index in [0.717, 1.165) is 94.8 Å². The van der Waals surface area contributed by atoms with Crippen LogP contribution in [-0.2, 0) is 29.5 Å². The Labute approximate surface area is 292 Å². The molecule has 0 unspecified atom stereocenters. The molecule has 8 rings (SSSR count). The number of ether oxygens (including phenoxy) is 2. The van der Waals surface area contributed by atoms with Crippen molar-refractivity contribution in [1.29, 1.82) is 0 Å². The first kappa shape index (κ1) is 33.0. The summed E-state index contributed by atoms with van der Waals surface area (Å²) in [4.78, 5) is 17.6. The summed E-state index contributed by atoms with van der Waals surface area (Å²) in [6, 6.07) is 26.1. The van der Waals surface area contributed by atoms with Crippen LogP contribution in [0.2, 0.25) is 0 Å². The largest absolute Gasteiger partial charge is 0.483 e. The third-order valence-electron chi connectivity index (χ3n) is 12.7. The van der Waals surface area contributed by atoms with Gasteiger partial charge in [-0.3, -0.25) is 14.6 Å². The van der Waals surface area contributed by atoms with E-state index >= 15 is 0 Å². The number of likely N-dealkylation sites (tertiary alicyclic amines) is 1. The van der Waals surface area contributed by atoms with Crippen LogP contribution in [0.5, 0.6) is 11.5 Å². The Bertz CT molecular complexity index is 1610. The highest BCUT2D eigenvalue weighted by molar-refractivity contribution is 5.72. The van der Waals surface area contributed by atoms with Crippen LogP contribution in [0.25, 0.3) is 0 Å². The van der Waals surface area contributed by atoms with Gasteiger partial charge in [-0.05, 0) is 119 Å². The van der Waals surface area contributed by atoms with Crippen LogP contribution in [0.1, 0.15) is 93.4 Å². The number of aliphatic hydroxyl groups is 1. The highest BCUT2D eigenvalue weighted by Gasteiger charge is 2.73. The number of carbonyl (C=O) groups is 1.